The van der Waals surface area contributed by atoms with Gasteiger partial charge in [0, 0.05) is 46.1 Å². The lowest BCUT2D eigenvalue weighted by atomic mass is 10.2. The maximum Gasteiger partial charge on any atom is 0.422 e. The molecule has 130 valence electrons. The number of rotatable bonds is 8. The van der Waals surface area contributed by atoms with Crippen LogP contribution in [0.4, 0.5) is 13.2 Å². The Morgan fingerprint density at radius 3 is 2.78 bits per heavy atom. The molecule has 0 unspecified atom stereocenters. The highest BCUT2D eigenvalue weighted by Gasteiger charge is 2.28. The summed E-state index contributed by atoms with van der Waals surface area (Å²) in [5, 5.41) is 6.15. The lowest BCUT2D eigenvalue weighted by Crippen LogP contribution is -2.37. The molecule has 1 aromatic heterocycles. The standard InChI is InChI=1S/C14H21F3N4O2/c1-18-13(20-5-3-7-22-2)21-9-11-4-6-19-12(8-11)23-10-14(15,16)17/h4,6,8H,3,5,7,9-10H2,1-2H3,(H2,18,20,21). The summed E-state index contributed by atoms with van der Waals surface area (Å²) in [5.41, 5.74) is 0.733. The Hall–Kier alpha value is -2.03. The van der Waals surface area contributed by atoms with Gasteiger partial charge in [-0.2, -0.15) is 13.2 Å². The smallest absolute Gasteiger partial charge is 0.422 e. The summed E-state index contributed by atoms with van der Waals surface area (Å²) >= 11 is 0. The van der Waals surface area contributed by atoms with E-state index in [4.69, 9.17) is 4.74 Å². The highest BCUT2D eigenvalue weighted by molar-refractivity contribution is 5.79. The first-order chi connectivity index (χ1) is 10.9. The van der Waals surface area contributed by atoms with Crippen LogP contribution >= 0.6 is 0 Å². The van der Waals surface area contributed by atoms with Gasteiger partial charge in [0.15, 0.2) is 12.6 Å². The number of alkyl halides is 3. The largest absolute Gasteiger partial charge is 0.468 e. The molecule has 0 aliphatic heterocycles. The lowest BCUT2D eigenvalue weighted by molar-refractivity contribution is -0.154. The molecular formula is C14H21F3N4O2. The van der Waals surface area contributed by atoms with E-state index in [-0.39, 0.29) is 5.88 Å². The Balaban J connectivity index is 2.44. The number of hydrogen-bond acceptors (Lipinski definition) is 4. The van der Waals surface area contributed by atoms with Gasteiger partial charge in [0.05, 0.1) is 0 Å². The van der Waals surface area contributed by atoms with E-state index in [1.54, 1.807) is 20.2 Å². The number of aliphatic imine (C=N–C) groups is 1. The second-order valence-corrected chi connectivity index (χ2v) is 4.61. The van der Waals surface area contributed by atoms with Crippen LogP contribution in [0.1, 0.15) is 12.0 Å². The molecule has 0 aromatic carbocycles. The van der Waals surface area contributed by atoms with Gasteiger partial charge in [0.1, 0.15) is 0 Å². The molecule has 0 fully saturated rings. The molecule has 0 amide bonds. The highest BCUT2D eigenvalue weighted by atomic mass is 19.4. The normalized spacial score (nSPS) is 12.1. The van der Waals surface area contributed by atoms with E-state index in [9.17, 15) is 13.2 Å². The summed E-state index contributed by atoms with van der Waals surface area (Å²) in [6.07, 6.45) is -2.15. The maximum absolute atomic E-state index is 12.1. The number of pyridine rings is 1. The predicted octanol–water partition coefficient (Wildman–Crippen LogP) is 1.72. The molecule has 0 atom stereocenters. The van der Waals surface area contributed by atoms with Crippen molar-refractivity contribution >= 4 is 5.96 Å². The van der Waals surface area contributed by atoms with Gasteiger partial charge < -0.3 is 20.1 Å². The first-order valence-electron chi connectivity index (χ1n) is 7.02. The average molecular weight is 334 g/mol. The van der Waals surface area contributed by atoms with E-state index >= 15 is 0 Å². The third kappa shape index (κ3) is 8.87. The van der Waals surface area contributed by atoms with E-state index in [1.807, 2.05) is 0 Å². The molecule has 1 rings (SSSR count). The van der Waals surface area contributed by atoms with Crippen LogP contribution in [0, 0.1) is 0 Å². The molecule has 0 radical (unpaired) electrons. The van der Waals surface area contributed by atoms with Crippen molar-refractivity contribution in [2.75, 3.05) is 33.9 Å². The fraction of sp³-hybridized carbons (Fsp3) is 0.571. The summed E-state index contributed by atoms with van der Waals surface area (Å²) in [6, 6.07) is 3.14. The van der Waals surface area contributed by atoms with E-state index in [1.165, 1.54) is 12.3 Å². The van der Waals surface area contributed by atoms with Crippen LogP contribution in [-0.2, 0) is 11.3 Å². The molecular weight excluding hydrogens is 313 g/mol. The minimum Gasteiger partial charge on any atom is -0.468 e. The van der Waals surface area contributed by atoms with Crippen LogP contribution in [0.3, 0.4) is 0 Å². The second kappa shape index (κ2) is 9.88. The first kappa shape index (κ1) is 19.0. The van der Waals surface area contributed by atoms with E-state index in [0.717, 1.165) is 12.0 Å². The minimum absolute atomic E-state index is 0.0651. The molecule has 0 aliphatic carbocycles. The fourth-order valence-electron chi connectivity index (χ4n) is 1.62. The van der Waals surface area contributed by atoms with Gasteiger partial charge in [-0.3, -0.25) is 4.99 Å². The Bertz CT molecular complexity index is 495. The summed E-state index contributed by atoms with van der Waals surface area (Å²) in [5.74, 6) is 0.528. The quantitative estimate of drug-likeness (QED) is 0.430. The maximum atomic E-state index is 12.1. The number of nitrogens with one attached hydrogen (secondary N) is 2. The van der Waals surface area contributed by atoms with E-state index < -0.39 is 12.8 Å². The third-order valence-corrected chi connectivity index (χ3v) is 2.68. The summed E-state index contributed by atoms with van der Waals surface area (Å²) in [6.45, 7) is 0.368. The third-order valence-electron chi connectivity index (χ3n) is 2.68. The summed E-state index contributed by atoms with van der Waals surface area (Å²) in [4.78, 5) is 7.80. The average Bonchev–Trinajstić information content (AvgIpc) is 2.52. The fourth-order valence-corrected chi connectivity index (χ4v) is 1.62. The van der Waals surface area contributed by atoms with Crippen LogP contribution in [0.15, 0.2) is 23.3 Å². The molecule has 0 aliphatic rings. The van der Waals surface area contributed by atoms with Gasteiger partial charge in [-0.15, -0.1) is 0 Å². The molecule has 1 heterocycles. The first-order valence-corrected chi connectivity index (χ1v) is 7.02. The Labute approximate surface area is 133 Å². The summed E-state index contributed by atoms with van der Waals surface area (Å²) < 4.78 is 45.9. The topological polar surface area (TPSA) is 67.8 Å². The minimum atomic E-state index is -4.38. The molecule has 0 saturated heterocycles. The Morgan fingerprint density at radius 1 is 1.35 bits per heavy atom. The number of methoxy groups -OCH3 is 1. The number of guanidine groups is 1. The molecule has 0 spiro atoms. The van der Waals surface area contributed by atoms with Gasteiger partial charge >= 0.3 is 6.18 Å². The molecule has 23 heavy (non-hydrogen) atoms. The zero-order chi connectivity index (χ0) is 17.1. The lowest BCUT2D eigenvalue weighted by Gasteiger charge is -2.12. The van der Waals surface area contributed by atoms with Crippen LogP contribution in [0.5, 0.6) is 5.88 Å². The van der Waals surface area contributed by atoms with Gasteiger partial charge in [0.2, 0.25) is 5.88 Å². The zero-order valence-corrected chi connectivity index (χ0v) is 13.1. The van der Waals surface area contributed by atoms with Crippen molar-refractivity contribution < 1.29 is 22.6 Å². The SMILES string of the molecule is CN=C(NCCCOC)NCc1ccnc(OCC(F)(F)F)c1. The molecule has 0 saturated carbocycles. The number of aromatic nitrogens is 1. The number of halogens is 3. The predicted molar refractivity (Wildman–Crippen MR) is 80.5 cm³/mol. The van der Waals surface area contributed by atoms with Crippen LogP contribution in [0.25, 0.3) is 0 Å². The molecule has 6 nitrogen and oxygen atoms in total. The zero-order valence-electron chi connectivity index (χ0n) is 13.1. The van der Waals surface area contributed by atoms with Crippen molar-refractivity contribution in [3.63, 3.8) is 0 Å². The van der Waals surface area contributed by atoms with Crippen molar-refractivity contribution in [1.82, 2.24) is 15.6 Å². The van der Waals surface area contributed by atoms with E-state index in [0.29, 0.717) is 25.7 Å². The van der Waals surface area contributed by atoms with Crippen molar-refractivity contribution in [1.29, 1.82) is 0 Å². The van der Waals surface area contributed by atoms with Crippen molar-refractivity contribution in [3.05, 3.63) is 23.9 Å². The van der Waals surface area contributed by atoms with Crippen molar-refractivity contribution in [3.8, 4) is 5.88 Å². The highest BCUT2D eigenvalue weighted by Crippen LogP contribution is 2.17. The summed E-state index contributed by atoms with van der Waals surface area (Å²) in [7, 11) is 3.27. The molecule has 0 bridgehead atoms. The molecule has 9 heteroatoms. The molecule has 1 aromatic rings. The van der Waals surface area contributed by atoms with Crippen LogP contribution in [-0.4, -0.2) is 51.0 Å². The number of nitrogens with zero attached hydrogens (tertiary/aromatic N) is 2. The van der Waals surface area contributed by atoms with Crippen LogP contribution in [0.2, 0.25) is 0 Å². The van der Waals surface area contributed by atoms with Gasteiger partial charge in [-0.1, -0.05) is 0 Å². The number of hydrogen-bond donors (Lipinski definition) is 2. The van der Waals surface area contributed by atoms with E-state index in [2.05, 4.69) is 25.3 Å². The van der Waals surface area contributed by atoms with Gasteiger partial charge in [0.25, 0.3) is 0 Å². The monoisotopic (exact) mass is 334 g/mol. The van der Waals surface area contributed by atoms with Crippen molar-refractivity contribution in [2.24, 2.45) is 4.99 Å². The second-order valence-electron chi connectivity index (χ2n) is 4.61. The Morgan fingerprint density at radius 2 is 2.13 bits per heavy atom. The van der Waals surface area contributed by atoms with Gasteiger partial charge in [-0.25, -0.2) is 4.98 Å². The van der Waals surface area contributed by atoms with Crippen molar-refractivity contribution in [2.45, 2.75) is 19.1 Å². The number of ether oxygens (including phenoxy) is 2. The van der Waals surface area contributed by atoms with Crippen LogP contribution < -0.4 is 15.4 Å². The Kier molecular flexibility index (Phi) is 8.17. The van der Waals surface area contributed by atoms with Gasteiger partial charge in [-0.05, 0) is 18.1 Å². The molecule has 2 N–H and O–H groups in total.